The normalized spacial score (nSPS) is 15.0. The molecule has 33 heavy (non-hydrogen) atoms. The number of halogens is 2. The fraction of sp³-hybridized carbons (Fsp3) is 0.304. The summed E-state index contributed by atoms with van der Waals surface area (Å²) in [7, 11) is -3.79. The molecule has 1 fully saturated rings. The molecule has 2 heterocycles. The van der Waals surface area contributed by atoms with Gasteiger partial charge in [-0.15, -0.1) is 0 Å². The number of sulfonamides is 1. The van der Waals surface area contributed by atoms with Crippen LogP contribution >= 0.6 is 0 Å². The highest BCUT2D eigenvalue weighted by Gasteiger charge is 2.29. The van der Waals surface area contributed by atoms with Gasteiger partial charge in [-0.1, -0.05) is 17.7 Å². The first-order chi connectivity index (χ1) is 15.7. The van der Waals surface area contributed by atoms with Crippen molar-refractivity contribution in [2.45, 2.75) is 19.6 Å². The number of aromatic nitrogens is 2. The largest absolute Gasteiger partial charge is 0.354 e. The number of piperazine rings is 1. The monoisotopic (exact) mass is 473 g/mol. The third kappa shape index (κ3) is 5.63. The van der Waals surface area contributed by atoms with Crippen LogP contribution in [-0.2, 0) is 15.8 Å². The Balaban J connectivity index is 1.43. The minimum absolute atomic E-state index is 0.171. The zero-order valence-electron chi connectivity index (χ0n) is 18.4. The van der Waals surface area contributed by atoms with Crippen molar-refractivity contribution < 1.29 is 17.2 Å². The average molecular weight is 474 g/mol. The van der Waals surface area contributed by atoms with E-state index in [0.29, 0.717) is 30.5 Å². The molecule has 0 saturated carbocycles. The van der Waals surface area contributed by atoms with Crippen LogP contribution < -0.4 is 10.2 Å². The van der Waals surface area contributed by atoms with Gasteiger partial charge in [0, 0.05) is 43.5 Å². The summed E-state index contributed by atoms with van der Waals surface area (Å²) in [5.41, 5.74) is 1.90. The molecule has 1 N–H and O–H groups in total. The lowest BCUT2D eigenvalue weighted by Crippen LogP contribution is -2.49. The van der Waals surface area contributed by atoms with Gasteiger partial charge in [-0.2, -0.15) is 4.31 Å². The molecule has 0 spiro atoms. The molecule has 10 heteroatoms. The number of nitrogens with one attached hydrogen (secondary N) is 1. The first-order valence-corrected chi connectivity index (χ1v) is 12.2. The Labute approximate surface area is 192 Å². The molecule has 1 aliphatic rings. The Morgan fingerprint density at radius 3 is 2.33 bits per heavy atom. The second-order valence-corrected chi connectivity index (χ2v) is 10.00. The Kier molecular flexibility index (Phi) is 6.57. The molecule has 0 amide bonds. The number of rotatable bonds is 6. The SMILES string of the molecule is Cc1ccc(Nc2cc(N3CCN(S(=O)(=O)Cc4cc(F)ccc4F)CC3)nc(C)n2)cc1. The molecule has 0 radical (unpaired) electrons. The molecule has 0 aliphatic carbocycles. The summed E-state index contributed by atoms with van der Waals surface area (Å²) < 4.78 is 54.2. The second kappa shape index (κ2) is 9.40. The van der Waals surface area contributed by atoms with Gasteiger partial charge in [0.05, 0.1) is 5.75 Å². The van der Waals surface area contributed by atoms with E-state index in [4.69, 9.17) is 0 Å². The van der Waals surface area contributed by atoms with Gasteiger partial charge in [0.15, 0.2) is 0 Å². The summed E-state index contributed by atoms with van der Waals surface area (Å²) in [5.74, 6) is -0.0280. The average Bonchev–Trinajstić information content (AvgIpc) is 2.77. The number of nitrogens with zero attached hydrogens (tertiary/aromatic N) is 4. The molecule has 4 rings (SSSR count). The highest BCUT2D eigenvalue weighted by atomic mass is 32.2. The molecule has 174 valence electrons. The molecular formula is C23H25F2N5O2S. The quantitative estimate of drug-likeness (QED) is 0.587. The van der Waals surface area contributed by atoms with Crippen LogP contribution in [0.5, 0.6) is 0 Å². The van der Waals surface area contributed by atoms with Crippen molar-refractivity contribution in [3.63, 3.8) is 0 Å². The van der Waals surface area contributed by atoms with Crippen molar-refractivity contribution in [3.8, 4) is 0 Å². The zero-order valence-corrected chi connectivity index (χ0v) is 19.2. The van der Waals surface area contributed by atoms with Crippen LogP contribution in [0.25, 0.3) is 0 Å². The molecule has 0 unspecified atom stereocenters. The highest BCUT2D eigenvalue weighted by Crippen LogP contribution is 2.23. The van der Waals surface area contributed by atoms with Crippen LogP contribution in [-0.4, -0.2) is 48.9 Å². The number of aryl methyl sites for hydroxylation is 2. The minimum Gasteiger partial charge on any atom is -0.354 e. The third-order valence-corrected chi connectivity index (χ3v) is 7.28. The van der Waals surface area contributed by atoms with Crippen LogP contribution in [0.2, 0.25) is 0 Å². The Morgan fingerprint density at radius 1 is 0.939 bits per heavy atom. The smallest absolute Gasteiger partial charge is 0.218 e. The summed E-state index contributed by atoms with van der Waals surface area (Å²) >= 11 is 0. The lowest BCUT2D eigenvalue weighted by atomic mass is 10.2. The molecule has 1 aromatic heterocycles. The Morgan fingerprint density at radius 2 is 1.64 bits per heavy atom. The summed E-state index contributed by atoms with van der Waals surface area (Å²) in [6, 6.07) is 12.6. The highest BCUT2D eigenvalue weighted by molar-refractivity contribution is 7.88. The third-order valence-electron chi connectivity index (χ3n) is 5.45. The predicted molar refractivity (Wildman–Crippen MR) is 124 cm³/mol. The van der Waals surface area contributed by atoms with E-state index in [1.807, 2.05) is 42.2 Å². The second-order valence-electron chi connectivity index (χ2n) is 8.03. The van der Waals surface area contributed by atoms with Crippen LogP contribution in [0.1, 0.15) is 17.0 Å². The van der Waals surface area contributed by atoms with Crippen LogP contribution in [0, 0.1) is 25.5 Å². The van der Waals surface area contributed by atoms with Gasteiger partial charge in [-0.3, -0.25) is 0 Å². The van der Waals surface area contributed by atoms with Gasteiger partial charge in [-0.25, -0.2) is 27.2 Å². The fourth-order valence-corrected chi connectivity index (χ4v) is 5.22. The van der Waals surface area contributed by atoms with Crippen molar-refractivity contribution >= 4 is 27.3 Å². The number of benzene rings is 2. The molecular weight excluding hydrogens is 448 g/mol. The molecule has 3 aromatic rings. The summed E-state index contributed by atoms with van der Waals surface area (Å²) in [4.78, 5) is 10.9. The van der Waals surface area contributed by atoms with E-state index in [1.165, 1.54) is 4.31 Å². The van der Waals surface area contributed by atoms with E-state index >= 15 is 0 Å². The van der Waals surface area contributed by atoms with Gasteiger partial charge in [0.2, 0.25) is 10.0 Å². The standard InChI is InChI=1S/C23H25F2N5O2S/c1-16-3-6-20(7-4-16)28-22-14-23(27-17(2)26-22)29-9-11-30(12-10-29)33(31,32)15-18-13-19(24)5-8-21(18)25/h3-8,13-14H,9-12,15H2,1-2H3,(H,26,27,28). The van der Waals surface area contributed by atoms with Crippen LogP contribution in [0.3, 0.4) is 0 Å². The predicted octanol–water partition coefficient (Wildman–Crippen LogP) is 3.77. The summed E-state index contributed by atoms with van der Waals surface area (Å²) in [5, 5.41) is 3.27. The molecule has 0 atom stereocenters. The maximum Gasteiger partial charge on any atom is 0.218 e. The van der Waals surface area contributed by atoms with E-state index < -0.39 is 27.4 Å². The fourth-order valence-electron chi connectivity index (χ4n) is 3.70. The Hall–Kier alpha value is -3.11. The maximum absolute atomic E-state index is 13.9. The zero-order chi connectivity index (χ0) is 23.6. The van der Waals surface area contributed by atoms with Gasteiger partial charge < -0.3 is 10.2 Å². The van der Waals surface area contributed by atoms with Gasteiger partial charge in [0.25, 0.3) is 0 Å². The molecule has 1 aliphatic heterocycles. The summed E-state index contributed by atoms with van der Waals surface area (Å²) in [6.07, 6.45) is 0. The molecule has 1 saturated heterocycles. The van der Waals surface area contributed by atoms with Crippen molar-refractivity contribution in [2.24, 2.45) is 0 Å². The maximum atomic E-state index is 13.9. The van der Waals surface area contributed by atoms with Crippen LogP contribution in [0.4, 0.5) is 26.1 Å². The van der Waals surface area contributed by atoms with Crippen molar-refractivity contribution in [2.75, 3.05) is 36.4 Å². The van der Waals surface area contributed by atoms with E-state index in [0.717, 1.165) is 29.4 Å². The van der Waals surface area contributed by atoms with E-state index in [9.17, 15) is 17.2 Å². The first kappa shape index (κ1) is 23.1. The summed E-state index contributed by atoms with van der Waals surface area (Å²) in [6.45, 7) is 5.12. The van der Waals surface area contributed by atoms with Crippen LogP contribution in [0.15, 0.2) is 48.5 Å². The number of hydrogen-bond acceptors (Lipinski definition) is 6. The van der Waals surface area contributed by atoms with Crippen molar-refractivity contribution in [1.82, 2.24) is 14.3 Å². The topological polar surface area (TPSA) is 78.4 Å². The van der Waals surface area contributed by atoms with Crippen molar-refractivity contribution in [1.29, 1.82) is 0 Å². The minimum atomic E-state index is -3.79. The lowest BCUT2D eigenvalue weighted by molar-refractivity contribution is 0.382. The van der Waals surface area contributed by atoms with Gasteiger partial charge in [0.1, 0.15) is 29.1 Å². The van der Waals surface area contributed by atoms with E-state index in [2.05, 4.69) is 15.3 Å². The van der Waals surface area contributed by atoms with E-state index in [1.54, 1.807) is 6.92 Å². The lowest BCUT2D eigenvalue weighted by Gasteiger charge is -2.34. The Bertz CT molecular complexity index is 1240. The van der Waals surface area contributed by atoms with Crippen molar-refractivity contribution in [3.05, 3.63) is 77.1 Å². The van der Waals surface area contributed by atoms with Gasteiger partial charge >= 0.3 is 0 Å². The van der Waals surface area contributed by atoms with Gasteiger partial charge in [-0.05, 0) is 44.2 Å². The number of anilines is 3. The molecule has 0 bridgehead atoms. The number of hydrogen-bond donors (Lipinski definition) is 1. The molecule has 2 aromatic carbocycles. The first-order valence-electron chi connectivity index (χ1n) is 10.6. The van der Waals surface area contributed by atoms with E-state index in [-0.39, 0.29) is 18.7 Å². The molecule has 7 nitrogen and oxygen atoms in total.